The summed E-state index contributed by atoms with van der Waals surface area (Å²) in [5, 5.41) is 2.74. The molecule has 10 heteroatoms. The van der Waals surface area contributed by atoms with Gasteiger partial charge in [0, 0.05) is 18.3 Å². The van der Waals surface area contributed by atoms with E-state index in [0.29, 0.717) is 18.5 Å². The predicted molar refractivity (Wildman–Crippen MR) is 113 cm³/mol. The van der Waals surface area contributed by atoms with Gasteiger partial charge in [0.25, 0.3) is 21.8 Å². The Morgan fingerprint density at radius 1 is 0.935 bits per heavy atom. The molecule has 2 rings (SSSR count). The number of hydrogen-bond acceptors (Lipinski definition) is 7. The van der Waals surface area contributed by atoms with Crippen molar-refractivity contribution >= 4 is 27.8 Å². The molecule has 0 atom stereocenters. The third-order valence-electron chi connectivity index (χ3n) is 4.14. The molecule has 31 heavy (non-hydrogen) atoms. The van der Waals surface area contributed by atoms with Crippen LogP contribution in [-0.4, -0.2) is 44.3 Å². The van der Waals surface area contributed by atoms with E-state index in [1.165, 1.54) is 36.4 Å². The Kier molecular flexibility index (Phi) is 8.68. The number of amides is 2. The molecule has 1 heterocycles. The molecule has 0 radical (unpaired) electrons. The molecule has 2 N–H and O–H groups in total. The second-order valence-corrected chi connectivity index (χ2v) is 8.32. The van der Waals surface area contributed by atoms with Crippen molar-refractivity contribution in [2.24, 2.45) is 0 Å². The summed E-state index contributed by atoms with van der Waals surface area (Å²) in [4.78, 5) is 39.7. The second-order valence-electron chi connectivity index (χ2n) is 6.64. The number of unbranched alkanes of at least 4 members (excludes halogenated alkanes) is 1. The summed E-state index contributed by atoms with van der Waals surface area (Å²) in [5.41, 5.74) is 0.291. The van der Waals surface area contributed by atoms with E-state index in [-0.39, 0.29) is 28.7 Å². The topological polar surface area (TPSA) is 132 Å². The number of ether oxygens (including phenoxy) is 1. The largest absolute Gasteiger partial charge is 0.461 e. The fraction of sp³-hybridized carbons (Fsp3) is 0.333. The van der Waals surface area contributed by atoms with Gasteiger partial charge in [-0.2, -0.15) is 0 Å². The highest BCUT2D eigenvalue weighted by Gasteiger charge is 2.20. The SMILES string of the molecule is CCCCNC(=O)c1ccc(S(=O)(=O)NC(=O)c2ccc(C(=O)OCCC)nc2)cc1. The number of esters is 1. The van der Waals surface area contributed by atoms with E-state index in [2.05, 4.69) is 10.3 Å². The fourth-order valence-electron chi connectivity index (χ4n) is 2.42. The summed E-state index contributed by atoms with van der Waals surface area (Å²) in [6.45, 7) is 4.64. The first kappa shape index (κ1) is 24.0. The van der Waals surface area contributed by atoms with Crippen molar-refractivity contribution in [2.75, 3.05) is 13.2 Å². The molecule has 0 fully saturated rings. The highest BCUT2D eigenvalue weighted by molar-refractivity contribution is 7.90. The molecule has 0 aliphatic heterocycles. The second kappa shape index (κ2) is 11.2. The highest BCUT2D eigenvalue weighted by atomic mass is 32.2. The molecule has 0 saturated carbocycles. The zero-order chi connectivity index (χ0) is 22.9. The van der Waals surface area contributed by atoms with E-state index >= 15 is 0 Å². The zero-order valence-corrected chi connectivity index (χ0v) is 18.2. The number of pyridine rings is 1. The molecule has 0 unspecified atom stereocenters. The molecule has 0 aliphatic carbocycles. The van der Waals surface area contributed by atoms with Crippen LogP contribution >= 0.6 is 0 Å². The highest BCUT2D eigenvalue weighted by Crippen LogP contribution is 2.12. The molecule has 0 saturated heterocycles. The molecule has 166 valence electrons. The van der Waals surface area contributed by atoms with E-state index in [4.69, 9.17) is 4.74 Å². The lowest BCUT2D eigenvalue weighted by Gasteiger charge is -2.09. The Bertz CT molecular complexity index is 1020. The number of carbonyl (C=O) groups excluding carboxylic acids is 3. The van der Waals surface area contributed by atoms with Gasteiger partial charge in [-0.05, 0) is 49.2 Å². The number of sulfonamides is 1. The van der Waals surface area contributed by atoms with Gasteiger partial charge in [-0.1, -0.05) is 20.3 Å². The van der Waals surface area contributed by atoms with Crippen LogP contribution < -0.4 is 10.0 Å². The van der Waals surface area contributed by atoms with Gasteiger partial charge < -0.3 is 10.1 Å². The summed E-state index contributed by atoms with van der Waals surface area (Å²) in [6.07, 6.45) is 3.55. The predicted octanol–water partition coefficient (Wildman–Crippen LogP) is 2.30. The first-order valence-electron chi connectivity index (χ1n) is 9.87. The van der Waals surface area contributed by atoms with E-state index in [9.17, 15) is 22.8 Å². The number of nitrogens with one attached hydrogen (secondary N) is 2. The number of rotatable bonds is 10. The molecular formula is C21H25N3O6S. The smallest absolute Gasteiger partial charge is 0.356 e. The molecule has 1 aromatic carbocycles. The monoisotopic (exact) mass is 447 g/mol. The summed E-state index contributed by atoms with van der Waals surface area (Å²) in [6, 6.07) is 7.80. The van der Waals surface area contributed by atoms with Gasteiger partial charge in [0.05, 0.1) is 17.1 Å². The van der Waals surface area contributed by atoms with Gasteiger partial charge in [0.2, 0.25) is 0 Å². The molecule has 9 nitrogen and oxygen atoms in total. The van der Waals surface area contributed by atoms with Gasteiger partial charge >= 0.3 is 5.97 Å². The Hall–Kier alpha value is -3.27. The van der Waals surface area contributed by atoms with E-state index in [0.717, 1.165) is 19.0 Å². The van der Waals surface area contributed by atoms with Crippen molar-refractivity contribution in [1.29, 1.82) is 0 Å². The van der Waals surface area contributed by atoms with E-state index in [1.54, 1.807) is 0 Å². The molecule has 2 amide bonds. The third kappa shape index (κ3) is 6.88. The fourth-order valence-corrected chi connectivity index (χ4v) is 3.40. The molecule has 0 spiro atoms. The first-order chi connectivity index (χ1) is 14.8. The molecule has 2 aromatic rings. The van der Waals surface area contributed by atoms with Gasteiger partial charge in [-0.3, -0.25) is 9.59 Å². The van der Waals surface area contributed by atoms with Crippen molar-refractivity contribution in [3.05, 3.63) is 59.4 Å². The van der Waals surface area contributed by atoms with Crippen LogP contribution in [0.5, 0.6) is 0 Å². The Morgan fingerprint density at radius 2 is 1.61 bits per heavy atom. The van der Waals surface area contributed by atoms with Crippen molar-refractivity contribution in [3.8, 4) is 0 Å². The normalized spacial score (nSPS) is 10.9. The molecule has 0 aliphatic rings. The van der Waals surface area contributed by atoms with Crippen molar-refractivity contribution in [3.63, 3.8) is 0 Å². The minimum absolute atomic E-state index is 0.0145. The average Bonchev–Trinajstić information content (AvgIpc) is 2.77. The average molecular weight is 448 g/mol. The molecule has 1 aromatic heterocycles. The zero-order valence-electron chi connectivity index (χ0n) is 17.4. The Labute approximate surface area is 181 Å². The summed E-state index contributed by atoms with van der Waals surface area (Å²) in [5.74, 6) is -1.83. The number of benzene rings is 1. The van der Waals surface area contributed by atoms with Crippen LogP contribution in [0.2, 0.25) is 0 Å². The standard InChI is InChI=1S/C21H25N3O6S/c1-3-5-12-22-19(25)15-6-9-17(10-7-15)31(28,29)24-20(26)16-8-11-18(23-14-16)21(27)30-13-4-2/h6-11,14H,3-5,12-13H2,1-2H3,(H,22,25)(H,24,26). The van der Waals surface area contributed by atoms with E-state index in [1.807, 2.05) is 18.6 Å². The number of aromatic nitrogens is 1. The van der Waals surface area contributed by atoms with Crippen molar-refractivity contribution < 1.29 is 27.5 Å². The summed E-state index contributed by atoms with van der Waals surface area (Å²) in [7, 11) is -4.16. The molecular weight excluding hydrogens is 422 g/mol. The van der Waals surface area contributed by atoms with Crippen molar-refractivity contribution in [1.82, 2.24) is 15.0 Å². The Balaban J connectivity index is 2.03. The number of carbonyl (C=O) groups is 3. The number of hydrogen-bond donors (Lipinski definition) is 2. The van der Waals surface area contributed by atoms with Crippen LogP contribution in [0.25, 0.3) is 0 Å². The number of nitrogens with zero attached hydrogens (tertiary/aromatic N) is 1. The minimum Gasteiger partial charge on any atom is -0.461 e. The van der Waals surface area contributed by atoms with Gasteiger partial charge in [-0.15, -0.1) is 0 Å². The maximum absolute atomic E-state index is 12.5. The quantitative estimate of drug-likeness (QED) is 0.422. The molecule has 0 bridgehead atoms. The van der Waals surface area contributed by atoms with Crippen LogP contribution in [0.4, 0.5) is 0 Å². The maximum atomic E-state index is 12.5. The van der Waals surface area contributed by atoms with Gasteiger partial charge in [-0.25, -0.2) is 22.9 Å². The van der Waals surface area contributed by atoms with Crippen LogP contribution in [0.1, 0.15) is 64.3 Å². The van der Waals surface area contributed by atoms with Crippen LogP contribution in [0, 0.1) is 0 Å². The van der Waals surface area contributed by atoms with Crippen molar-refractivity contribution in [2.45, 2.75) is 38.0 Å². The first-order valence-corrected chi connectivity index (χ1v) is 11.4. The van der Waals surface area contributed by atoms with Crippen LogP contribution in [0.15, 0.2) is 47.5 Å². The lowest BCUT2D eigenvalue weighted by molar-refractivity contribution is 0.0497. The minimum atomic E-state index is -4.16. The van der Waals surface area contributed by atoms with Gasteiger partial charge in [0.1, 0.15) is 5.69 Å². The maximum Gasteiger partial charge on any atom is 0.356 e. The van der Waals surface area contributed by atoms with Crippen LogP contribution in [0.3, 0.4) is 0 Å². The summed E-state index contributed by atoms with van der Waals surface area (Å²) >= 11 is 0. The third-order valence-corrected chi connectivity index (χ3v) is 5.49. The summed E-state index contributed by atoms with van der Waals surface area (Å²) < 4.78 is 31.8. The van der Waals surface area contributed by atoms with E-state index < -0.39 is 21.9 Å². The Morgan fingerprint density at radius 3 is 2.19 bits per heavy atom. The lowest BCUT2D eigenvalue weighted by atomic mass is 10.2. The van der Waals surface area contributed by atoms with Crippen LogP contribution in [-0.2, 0) is 14.8 Å². The lowest BCUT2D eigenvalue weighted by Crippen LogP contribution is -2.31. The van der Waals surface area contributed by atoms with Gasteiger partial charge in [0.15, 0.2) is 0 Å².